The van der Waals surface area contributed by atoms with Crippen molar-refractivity contribution in [1.29, 1.82) is 0 Å². The molecule has 0 atom stereocenters. The highest BCUT2D eigenvalue weighted by atomic mass is 28.4. The summed E-state index contributed by atoms with van der Waals surface area (Å²) in [5.74, 6) is 0. The van der Waals surface area contributed by atoms with Crippen LogP contribution in [0.25, 0.3) is 0 Å². The highest BCUT2D eigenvalue weighted by Gasteiger charge is 2.43. The second-order valence-electron chi connectivity index (χ2n) is 7.41. The van der Waals surface area contributed by atoms with Crippen LogP contribution in [0.5, 0.6) is 0 Å². The van der Waals surface area contributed by atoms with Crippen LogP contribution >= 0.6 is 0 Å². The Morgan fingerprint density at radius 1 is 0.840 bits per heavy atom. The Morgan fingerprint density at radius 3 is 1.72 bits per heavy atom. The van der Waals surface area contributed by atoms with Crippen molar-refractivity contribution in [2.24, 2.45) is 0 Å². The van der Waals surface area contributed by atoms with Crippen molar-refractivity contribution >= 4 is 27.0 Å². The molecule has 3 heteroatoms. The van der Waals surface area contributed by atoms with Gasteiger partial charge < -0.3 is 4.12 Å². The van der Waals surface area contributed by atoms with Crippen molar-refractivity contribution in [3.8, 4) is 0 Å². The Kier molecular flexibility index (Phi) is 6.38. The molecule has 0 aromatic heterocycles. The predicted octanol–water partition coefficient (Wildman–Crippen LogP) is 4.96. The van der Waals surface area contributed by atoms with Crippen LogP contribution in [0.4, 0.5) is 0 Å². The third kappa shape index (κ3) is 4.69. The first kappa shape index (κ1) is 19.6. The second kappa shape index (κ2) is 8.13. The van der Waals surface area contributed by atoms with Gasteiger partial charge in [0.15, 0.2) is 8.32 Å². The molecular weight excluding hydrogens is 336 g/mol. The topological polar surface area (TPSA) is 9.23 Å². The highest BCUT2D eigenvalue weighted by Crippen LogP contribution is 2.23. The molecule has 2 aromatic carbocycles. The molecule has 1 nitrogen and oxygen atoms in total. The number of rotatable bonds is 8. The van der Waals surface area contributed by atoms with E-state index in [1.165, 1.54) is 21.5 Å². The molecule has 0 saturated heterocycles. The monoisotopic (exact) mass is 366 g/mol. The van der Waals surface area contributed by atoms with Crippen LogP contribution in [-0.4, -0.2) is 16.6 Å². The lowest BCUT2D eigenvalue weighted by molar-refractivity contribution is 0.562. The standard InChI is InChI=1S/C22H30OSi2/c1-7-15-24(5,6)23-25(16-8-2,21-13-9-11-19(3)17-21)22-14-10-12-20(4)18-22/h7-14,17-18H,1-2,15-16H2,3-6H3. The lowest BCUT2D eigenvalue weighted by Gasteiger charge is -2.39. The number of aryl methyl sites for hydroxylation is 2. The van der Waals surface area contributed by atoms with Gasteiger partial charge in [-0.15, -0.1) is 13.2 Å². The molecule has 0 spiro atoms. The highest BCUT2D eigenvalue weighted by molar-refractivity contribution is 7.02. The zero-order chi connectivity index (χ0) is 18.5. The molecule has 0 saturated carbocycles. The summed E-state index contributed by atoms with van der Waals surface area (Å²) in [5.41, 5.74) is 2.55. The molecule has 0 amide bonds. The normalized spacial score (nSPS) is 12.0. The zero-order valence-electron chi connectivity index (χ0n) is 16.0. The summed E-state index contributed by atoms with van der Waals surface area (Å²) in [7, 11) is -4.27. The molecule has 0 fully saturated rings. The maximum absolute atomic E-state index is 7.12. The van der Waals surface area contributed by atoms with Gasteiger partial charge in [-0.1, -0.05) is 71.8 Å². The zero-order valence-corrected chi connectivity index (χ0v) is 18.0. The van der Waals surface area contributed by atoms with E-state index in [2.05, 4.69) is 88.6 Å². The fourth-order valence-electron chi connectivity index (χ4n) is 3.42. The Balaban J connectivity index is 2.70. The average molecular weight is 367 g/mol. The Labute approximate surface area is 155 Å². The van der Waals surface area contributed by atoms with Crippen molar-refractivity contribution in [1.82, 2.24) is 0 Å². The first-order chi connectivity index (χ1) is 11.8. The van der Waals surface area contributed by atoms with Gasteiger partial charge in [0.05, 0.1) is 0 Å². The molecule has 0 aliphatic heterocycles. The summed E-state index contributed by atoms with van der Waals surface area (Å²) in [6.45, 7) is 16.9. The van der Waals surface area contributed by atoms with Gasteiger partial charge in [-0.05, 0) is 49.4 Å². The average Bonchev–Trinajstić information content (AvgIpc) is 2.54. The van der Waals surface area contributed by atoms with Crippen molar-refractivity contribution in [3.63, 3.8) is 0 Å². The molecule has 0 radical (unpaired) electrons. The minimum Gasteiger partial charge on any atom is -0.448 e. The van der Waals surface area contributed by atoms with E-state index in [1.807, 2.05) is 12.2 Å². The third-order valence-corrected chi connectivity index (χ3v) is 12.7. The molecule has 0 bridgehead atoms. The Bertz CT molecular complexity index is 704. The molecule has 132 valence electrons. The Hall–Kier alpha value is -1.69. The lowest BCUT2D eigenvalue weighted by atomic mass is 10.2. The van der Waals surface area contributed by atoms with E-state index in [0.717, 1.165) is 12.1 Å². The maximum atomic E-state index is 7.12. The molecule has 0 N–H and O–H groups in total. The van der Waals surface area contributed by atoms with Crippen molar-refractivity contribution in [2.45, 2.75) is 39.0 Å². The first-order valence-electron chi connectivity index (χ1n) is 8.89. The van der Waals surface area contributed by atoms with Crippen LogP contribution in [-0.2, 0) is 4.12 Å². The summed E-state index contributed by atoms with van der Waals surface area (Å²) in [6, 6.07) is 19.5. The van der Waals surface area contributed by atoms with Crippen LogP contribution < -0.4 is 10.4 Å². The van der Waals surface area contributed by atoms with Gasteiger partial charge in [-0.2, -0.15) is 0 Å². The van der Waals surface area contributed by atoms with Crippen LogP contribution in [0.3, 0.4) is 0 Å². The van der Waals surface area contributed by atoms with Gasteiger partial charge in [0.1, 0.15) is 0 Å². The van der Waals surface area contributed by atoms with Crippen LogP contribution in [0, 0.1) is 13.8 Å². The molecule has 25 heavy (non-hydrogen) atoms. The number of allylic oxidation sites excluding steroid dienone is 2. The van der Waals surface area contributed by atoms with E-state index < -0.39 is 16.6 Å². The molecule has 0 aliphatic carbocycles. The van der Waals surface area contributed by atoms with Gasteiger partial charge in [0.25, 0.3) is 0 Å². The second-order valence-corrected chi connectivity index (χ2v) is 15.4. The van der Waals surface area contributed by atoms with E-state index in [0.29, 0.717) is 0 Å². The van der Waals surface area contributed by atoms with Crippen LogP contribution in [0.2, 0.25) is 25.2 Å². The lowest BCUT2D eigenvalue weighted by Crippen LogP contribution is -2.64. The van der Waals surface area contributed by atoms with Crippen molar-refractivity contribution in [2.75, 3.05) is 0 Å². The summed E-state index contributed by atoms with van der Waals surface area (Å²) in [6.07, 6.45) is 4.04. The largest absolute Gasteiger partial charge is 0.448 e. The quantitative estimate of drug-likeness (QED) is 0.474. The van der Waals surface area contributed by atoms with Gasteiger partial charge >= 0.3 is 0 Å². The van der Waals surface area contributed by atoms with Crippen LogP contribution in [0.1, 0.15) is 11.1 Å². The van der Waals surface area contributed by atoms with E-state index in [4.69, 9.17) is 4.12 Å². The summed E-state index contributed by atoms with van der Waals surface area (Å²) in [5, 5.41) is 2.67. The minimum atomic E-state index is -2.39. The van der Waals surface area contributed by atoms with Crippen molar-refractivity contribution < 1.29 is 4.12 Å². The third-order valence-electron chi connectivity index (χ3n) is 4.49. The number of hydrogen-bond acceptors (Lipinski definition) is 1. The van der Waals surface area contributed by atoms with Gasteiger partial charge in [-0.3, -0.25) is 0 Å². The van der Waals surface area contributed by atoms with E-state index >= 15 is 0 Å². The molecule has 0 unspecified atom stereocenters. The Morgan fingerprint density at radius 2 is 1.32 bits per heavy atom. The predicted molar refractivity (Wildman–Crippen MR) is 116 cm³/mol. The summed E-state index contributed by atoms with van der Waals surface area (Å²) < 4.78 is 7.12. The maximum Gasteiger partial charge on any atom is 0.248 e. The smallest absolute Gasteiger partial charge is 0.248 e. The molecule has 2 rings (SSSR count). The summed E-state index contributed by atoms with van der Waals surface area (Å²) >= 11 is 0. The molecule has 0 heterocycles. The fourth-order valence-corrected chi connectivity index (χ4v) is 12.4. The fraction of sp³-hybridized carbons (Fsp3) is 0.273. The molecule has 2 aromatic rings. The SMILES string of the molecule is C=CC[Si](C)(C)O[Si](CC=C)(c1cccc(C)c1)c1cccc(C)c1. The molecule has 0 aliphatic rings. The van der Waals surface area contributed by atoms with Crippen molar-refractivity contribution in [3.05, 3.63) is 85.0 Å². The number of benzene rings is 2. The van der Waals surface area contributed by atoms with Gasteiger partial charge in [0.2, 0.25) is 8.32 Å². The van der Waals surface area contributed by atoms with E-state index in [1.54, 1.807) is 0 Å². The molecular formula is C22H30OSi2. The minimum absolute atomic E-state index is 0.882. The van der Waals surface area contributed by atoms with Gasteiger partial charge in [0, 0.05) is 0 Å². The first-order valence-corrected chi connectivity index (χ1v) is 14.1. The number of hydrogen-bond donors (Lipinski definition) is 0. The summed E-state index contributed by atoms with van der Waals surface area (Å²) in [4.78, 5) is 0. The van der Waals surface area contributed by atoms with Gasteiger partial charge in [-0.25, -0.2) is 0 Å². The van der Waals surface area contributed by atoms with E-state index in [9.17, 15) is 0 Å². The van der Waals surface area contributed by atoms with Crippen LogP contribution in [0.15, 0.2) is 73.8 Å². The van der Waals surface area contributed by atoms with E-state index in [-0.39, 0.29) is 0 Å².